The lowest BCUT2D eigenvalue weighted by Crippen LogP contribution is -2.50. The molecule has 0 atom stereocenters. The maximum Gasteiger partial charge on any atom is 0.254 e. The molecule has 8 nitrogen and oxygen atoms in total. The number of sulfonamides is 2. The highest BCUT2D eigenvalue weighted by atomic mass is 32.2. The van der Waals surface area contributed by atoms with Gasteiger partial charge in [-0.05, 0) is 31.5 Å². The molecule has 1 aromatic heterocycles. The Morgan fingerprint density at radius 3 is 2.21 bits per heavy atom. The summed E-state index contributed by atoms with van der Waals surface area (Å²) in [6.45, 7) is 4.47. The Morgan fingerprint density at radius 2 is 1.68 bits per heavy atom. The van der Waals surface area contributed by atoms with E-state index in [2.05, 4.69) is 0 Å². The SMILES string of the molecule is Cc1ccc(S(=O)(=O)N2CCN(C(=O)c3csc(S(N)(=O)=O)c3)CC2)c(C)c1. The molecule has 3 rings (SSSR count). The predicted octanol–water partition coefficient (Wildman–Crippen LogP) is 1.16. The Hall–Kier alpha value is -1.79. The van der Waals surface area contributed by atoms with Crippen LogP contribution in [0.4, 0.5) is 0 Å². The lowest BCUT2D eigenvalue weighted by atomic mass is 10.2. The highest BCUT2D eigenvalue weighted by Crippen LogP contribution is 2.24. The van der Waals surface area contributed by atoms with E-state index < -0.39 is 20.0 Å². The molecule has 1 aromatic carbocycles. The van der Waals surface area contributed by atoms with Crippen molar-refractivity contribution < 1.29 is 21.6 Å². The van der Waals surface area contributed by atoms with Crippen molar-refractivity contribution >= 4 is 37.3 Å². The summed E-state index contributed by atoms with van der Waals surface area (Å²) in [5.74, 6) is -0.338. The van der Waals surface area contributed by atoms with Crippen molar-refractivity contribution in [2.24, 2.45) is 5.14 Å². The third-order valence-corrected chi connectivity index (χ3v) is 9.02. The van der Waals surface area contributed by atoms with Crippen molar-refractivity contribution in [1.82, 2.24) is 9.21 Å². The number of benzene rings is 1. The van der Waals surface area contributed by atoms with Gasteiger partial charge in [0, 0.05) is 31.6 Å². The number of thiophene rings is 1. The molecule has 28 heavy (non-hydrogen) atoms. The van der Waals surface area contributed by atoms with Crippen LogP contribution in [0.2, 0.25) is 0 Å². The number of hydrogen-bond donors (Lipinski definition) is 1. The summed E-state index contributed by atoms with van der Waals surface area (Å²) in [6, 6.07) is 6.45. The zero-order valence-electron chi connectivity index (χ0n) is 15.5. The minimum Gasteiger partial charge on any atom is -0.336 e. The summed E-state index contributed by atoms with van der Waals surface area (Å²) in [4.78, 5) is 14.4. The molecule has 0 aliphatic carbocycles. The van der Waals surface area contributed by atoms with Crippen LogP contribution < -0.4 is 5.14 Å². The van der Waals surface area contributed by atoms with Gasteiger partial charge in [0.25, 0.3) is 5.91 Å². The third kappa shape index (κ3) is 4.13. The Labute approximate surface area is 168 Å². The van der Waals surface area contributed by atoms with Crippen LogP contribution in [-0.4, -0.2) is 58.1 Å². The minimum atomic E-state index is -3.85. The largest absolute Gasteiger partial charge is 0.336 e. The Morgan fingerprint density at radius 1 is 1.04 bits per heavy atom. The van der Waals surface area contributed by atoms with Gasteiger partial charge < -0.3 is 4.90 Å². The van der Waals surface area contributed by atoms with E-state index in [9.17, 15) is 21.6 Å². The summed E-state index contributed by atoms with van der Waals surface area (Å²) in [5, 5.41) is 6.52. The Kier molecular flexibility index (Phi) is 5.65. The molecule has 0 radical (unpaired) electrons. The smallest absolute Gasteiger partial charge is 0.254 e. The molecule has 1 amide bonds. The van der Waals surface area contributed by atoms with Crippen LogP contribution in [-0.2, 0) is 20.0 Å². The Bertz CT molecular complexity index is 1110. The van der Waals surface area contributed by atoms with Crippen LogP contribution in [0.5, 0.6) is 0 Å². The lowest BCUT2D eigenvalue weighted by Gasteiger charge is -2.34. The molecule has 1 aliphatic heterocycles. The van der Waals surface area contributed by atoms with Crippen LogP contribution in [0, 0.1) is 13.8 Å². The molecule has 0 spiro atoms. The summed E-state index contributed by atoms with van der Waals surface area (Å²) >= 11 is 0.887. The molecule has 11 heteroatoms. The van der Waals surface area contributed by atoms with Crippen molar-refractivity contribution in [3.8, 4) is 0 Å². The monoisotopic (exact) mass is 443 g/mol. The van der Waals surface area contributed by atoms with Crippen LogP contribution in [0.15, 0.2) is 38.8 Å². The van der Waals surface area contributed by atoms with Gasteiger partial charge >= 0.3 is 0 Å². The van der Waals surface area contributed by atoms with E-state index in [4.69, 9.17) is 5.14 Å². The normalized spacial score (nSPS) is 16.3. The highest BCUT2D eigenvalue weighted by Gasteiger charge is 2.31. The van der Waals surface area contributed by atoms with Gasteiger partial charge in [0.15, 0.2) is 0 Å². The zero-order valence-corrected chi connectivity index (χ0v) is 17.9. The average molecular weight is 444 g/mol. The molecule has 0 bridgehead atoms. The standard InChI is InChI=1S/C17H21N3O5S3/c1-12-3-4-15(13(2)9-12)28(24,25)20-7-5-19(6-8-20)17(21)14-10-16(26-11-14)27(18,22)23/h3-4,9-11H,5-8H2,1-2H3,(H2,18,22,23). The van der Waals surface area contributed by atoms with Crippen molar-refractivity contribution in [3.63, 3.8) is 0 Å². The molecule has 2 N–H and O–H groups in total. The fourth-order valence-corrected chi connectivity index (χ4v) is 6.33. The van der Waals surface area contributed by atoms with E-state index in [1.54, 1.807) is 19.1 Å². The fourth-order valence-electron chi connectivity index (χ4n) is 3.12. The van der Waals surface area contributed by atoms with Gasteiger partial charge in [-0.3, -0.25) is 4.79 Å². The van der Waals surface area contributed by atoms with Gasteiger partial charge in [0.05, 0.1) is 10.5 Å². The van der Waals surface area contributed by atoms with Gasteiger partial charge in [-0.25, -0.2) is 22.0 Å². The molecule has 1 saturated heterocycles. The number of nitrogens with zero attached hydrogens (tertiary/aromatic N) is 2. The molecule has 2 heterocycles. The summed E-state index contributed by atoms with van der Waals surface area (Å²) in [7, 11) is -7.49. The molecular weight excluding hydrogens is 422 g/mol. The number of rotatable bonds is 4. The van der Waals surface area contributed by atoms with Gasteiger partial charge in [-0.1, -0.05) is 17.7 Å². The first-order chi connectivity index (χ1) is 13.0. The van der Waals surface area contributed by atoms with Crippen molar-refractivity contribution in [2.75, 3.05) is 26.2 Å². The maximum atomic E-state index is 12.9. The van der Waals surface area contributed by atoms with E-state index in [1.807, 2.05) is 13.0 Å². The second kappa shape index (κ2) is 7.56. The topological polar surface area (TPSA) is 118 Å². The molecule has 152 valence electrons. The van der Waals surface area contributed by atoms with Crippen molar-refractivity contribution in [2.45, 2.75) is 23.0 Å². The lowest BCUT2D eigenvalue weighted by molar-refractivity contribution is 0.0698. The van der Waals surface area contributed by atoms with Crippen LogP contribution >= 0.6 is 11.3 Å². The fraction of sp³-hybridized carbons (Fsp3) is 0.353. The number of aryl methyl sites for hydroxylation is 2. The first-order valence-corrected chi connectivity index (χ1v) is 12.3. The highest BCUT2D eigenvalue weighted by molar-refractivity contribution is 7.91. The summed E-state index contributed by atoms with van der Waals surface area (Å²) < 4.78 is 49.9. The van der Waals surface area contributed by atoms with Crippen molar-refractivity contribution in [3.05, 3.63) is 46.3 Å². The molecule has 0 saturated carbocycles. The molecule has 1 fully saturated rings. The maximum absolute atomic E-state index is 12.9. The number of carbonyl (C=O) groups excluding carboxylic acids is 1. The number of hydrogen-bond acceptors (Lipinski definition) is 6. The number of carbonyl (C=O) groups is 1. The van der Waals surface area contributed by atoms with Crippen LogP contribution in [0.25, 0.3) is 0 Å². The Balaban J connectivity index is 1.72. The van der Waals surface area contributed by atoms with Gasteiger partial charge in [0.2, 0.25) is 20.0 Å². The first-order valence-electron chi connectivity index (χ1n) is 8.48. The molecule has 2 aromatic rings. The summed E-state index contributed by atoms with van der Waals surface area (Å²) in [6.07, 6.45) is 0. The molecule has 1 aliphatic rings. The number of nitrogens with two attached hydrogens (primary N) is 1. The van der Waals surface area contributed by atoms with Crippen LogP contribution in [0.1, 0.15) is 21.5 Å². The van der Waals surface area contributed by atoms with E-state index >= 15 is 0 Å². The first kappa shape index (κ1) is 20.9. The number of amides is 1. The van der Waals surface area contributed by atoms with Crippen LogP contribution in [0.3, 0.4) is 0 Å². The van der Waals surface area contributed by atoms with Gasteiger partial charge in [-0.2, -0.15) is 4.31 Å². The second-order valence-corrected chi connectivity index (χ2v) is 11.3. The van der Waals surface area contributed by atoms with Crippen molar-refractivity contribution in [1.29, 1.82) is 0 Å². The molecular formula is C17H21N3O5S3. The number of piperazine rings is 1. The average Bonchev–Trinajstić information content (AvgIpc) is 3.11. The second-order valence-electron chi connectivity index (χ2n) is 6.66. The third-order valence-electron chi connectivity index (χ3n) is 4.58. The predicted molar refractivity (Wildman–Crippen MR) is 106 cm³/mol. The van der Waals surface area contributed by atoms with Gasteiger partial charge in [-0.15, -0.1) is 11.3 Å². The summed E-state index contributed by atoms with van der Waals surface area (Å²) in [5.41, 5.74) is 1.91. The van der Waals surface area contributed by atoms with E-state index in [-0.39, 0.29) is 46.8 Å². The molecule has 0 unspecified atom stereocenters. The zero-order chi connectivity index (χ0) is 20.7. The van der Waals surface area contributed by atoms with E-state index in [1.165, 1.54) is 20.7 Å². The van der Waals surface area contributed by atoms with Gasteiger partial charge in [0.1, 0.15) is 4.21 Å². The quantitative estimate of drug-likeness (QED) is 0.761. The van der Waals surface area contributed by atoms with E-state index in [0.29, 0.717) is 5.56 Å². The van der Waals surface area contributed by atoms with E-state index in [0.717, 1.165) is 16.9 Å². The minimum absolute atomic E-state index is 0.0769. The number of primary sulfonamides is 1.